The van der Waals surface area contributed by atoms with Crippen molar-refractivity contribution in [3.05, 3.63) is 243 Å². The first-order valence-electron chi connectivity index (χ1n) is 21.3. The fourth-order valence-corrected chi connectivity index (χ4v) is 64.8. The summed E-state index contributed by atoms with van der Waals surface area (Å²) in [5.74, 6) is 3.50. The van der Waals surface area contributed by atoms with E-state index in [1.54, 1.807) is 0 Å². The topological polar surface area (TPSA) is 0 Å². The van der Waals surface area contributed by atoms with Crippen molar-refractivity contribution in [1.82, 2.24) is 0 Å². The molecule has 4 atom stereocenters. The normalized spacial score (nSPS) is 15.7. The van der Waals surface area contributed by atoms with E-state index in [0.717, 1.165) is 0 Å². The lowest BCUT2D eigenvalue weighted by Crippen LogP contribution is -2.30. The molecule has 328 valence electrons. The minimum atomic E-state index is -2.61. The molecular weight excluding hydrogens is 1010 g/mol. The van der Waals surface area contributed by atoms with Gasteiger partial charge in [0.1, 0.15) is 17.7 Å². The van der Waals surface area contributed by atoms with Gasteiger partial charge in [0, 0.05) is 12.1 Å². The van der Waals surface area contributed by atoms with Gasteiger partial charge in [-0.25, -0.2) is 0 Å². The van der Waals surface area contributed by atoms with Crippen LogP contribution in [0.1, 0.15) is 0 Å². The average molecular weight is 1070 g/mol. The Balaban J connectivity index is 1.30. The molecule has 12 heteroatoms. The van der Waals surface area contributed by atoms with Crippen molar-refractivity contribution in [1.29, 1.82) is 0 Å². The predicted octanol–water partition coefficient (Wildman–Crippen LogP) is 12.3. The molecule has 8 aromatic rings. The van der Waals surface area contributed by atoms with Crippen LogP contribution in [-0.4, -0.2) is 29.5 Å². The molecular formula is C53H50P6S6. The van der Waals surface area contributed by atoms with Crippen molar-refractivity contribution in [2.75, 3.05) is 29.5 Å². The van der Waals surface area contributed by atoms with E-state index in [0.29, 0.717) is 29.5 Å². The van der Waals surface area contributed by atoms with Gasteiger partial charge in [-0.1, -0.05) is 218 Å². The van der Waals surface area contributed by atoms with E-state index in [2.05, 4.69) is 243 Å². The first-order chi connectivity index (χ1) is 31.4. The Morgan fingerprint density at radius 2 is 0.431 bits per heavy atom. The maximum atomic E-state index is 7.43. The van der Waals surface area contributed by atoms with Crippen LogP contribution in [0.3, 0.4) is 0 Å². The first kappa shape index (κ1) is 49.6. The molecule has 0 heterocycles. The van der Waals surface area contributed by atoms with Crippen molar-refractivity contribution < 1.29 is 0 Å². The highest BCUT2D eigenvalue weighted by molar-refractivity contribution is 8.61. The van der Waals surface area contributed by atoms with Gasteiger partial charge < -0.3 is 49.0 Å². The van der Waals surface area contributed by atoms with Gasteiger partial charge in [-0.2, -0.15) is 0 Å². The van der Waals surface area contributed by atoms with Gasteiger partial charge in [0.05, 0.1) is 33.0 Å². The third kappa shape index (κ3) is 11.5. The maximum absolute atomic E-state index is 7.43. The molecule has 0 nitrogen and oxygen atoms in total. The van der Waals surface area contributed by atoms with Gasteiger partial charge in [0.15, 0.2) is 0 Å². The van der Waals surface area contributed by atoms with Gasteiger partial charge in [0.2, 0.25) is 0 Å². The Labute approximate surface area is 421 Å². The fraction of sp³-hybridized carbons (Fsp3) is 0.0943. The van der Waals surface area contributed by atoms with Crippen LogP contribution in [0.5, 0.6) is 0 Å². The third-order valence-corrected chi connectivity index (χ3v) is 54.6. The largest absolute Gasteiger partial charge is 0.547 e. The highest BCUT2D eigenvalue weighted by Gasteiger charge is 2.51. The van der Waals surface area contributed by atoms with Gasteiger partial charge in [-0.15, -0.1) is 0 Å². The van der Waals surface area contributed by atoms with Crippen LogP contribution >= 0.6 is 37.9 Å². The molecule has 0 aliphatic heterocycles. The molecule has 65 heavy (non-hydrogen) atoms. The van der Waals surface area contributed by atoms with Crippen molar-refractivity contribution in [3.63, 3.8) is 0 Å². The quantitative estimate of drug-likeness (QED) is 0.0616. The summed E-state index contributed by atoms with van der Waals surface area (Å²) in [6.45, 7) is -10.3. The summed E-state index contributed by atoms with van der Waals surface area (Å²) in [4.78, 5) is 0. The summed E-state index contributed by atoms with van der Waals surface area (Å²) in [6, 6.07) is 81.4. The summed E-state index contributed by atoms with van der Waals surface area (Å²) in [5.41, 5.74) is 0. The zero-order valence-corrected chi connectivity index (χ0v) is 46.0. The third-order valence-electron chi connectivity index (χ3n) is 11.8. The van der Waals surface area contributed by atoms with Crippen LogP contribution in [0, 0.1) is 0 Å². The van der Waals surface area contributed by atoms with E-state index in [-0.39, 0.29) is 0 Å². The van der Waals surface area contributed by atoms with Crippen molar-refractivity contribution in [3.8, 4) is 0 Å². The molecule has 8 rings (SSSR count). The fourth-order valence-electron chi connectivity index (χ4n) is 8.68. The monoisotopic (exact) mass is 1060 g/mol. The van der Waals surface area contributed by atoms with E-state index in [1.165, 1.54) is 42.4 Å². The number of benzene rings is 8. The predicted molar refractivity (Wildman–Crippen MR) is 319 cm³/mol. The van der Waals surface area contributed by atoms with Gasteiger partial charge in [-0.3, -0.25) is 0 Å². The SMILES string of the molecule is S=P(C[P+]([S-])(C[P+]([S-])(C[P+]([S-])(C[P+]([S-])(CP(=S)(c1ccccc1)c1ccccc1)c1ccccc1)c1ccccc1)c1ccccc1)c1ccccc1)(c1ccccc1)c1ccccc1. The lowest BCUT2D eigenvalue weighted by Gasteiger charge is -2.48. The molecule has 0 aliphatic carbocycles. The Kier molecular flexibility index (Phi) is 16.7. The van der Waals surface area contributed by atoms with Crippen molar-refractivity contribution in [2.45, 2.75) is 0 Å². The second-order valence-electron chi connectivity index (χ2n) is 16.4. The zero-order valence-electron chi connectivity index (χ0n) is 35.8. The highest BCUT2D eigenvalue weighted by atomic mass is 32.7. The molecule has 0 radical (unpaired) electrons. The van der Waals surface area contributed by atoms with Crippen molar-refractivity contribution in [2.24, 2.45) is 0 Å². The molecule has 0 fully saturated rings. The summed E-state index contributed by atoms with van der Waals surface area (Å²) in [7, 11) is 0. The average Bonchev–Trinajstić information content (AvgIpc) is 3.36. The lowest BCUT2D eigenvalue weighted by molar-refractivity contribution is 1.71. The summed E-state index contributed by atoms with van der Waals surface area (Å²) in [5, 5.41) is 9.49. The van der Waals surface area contributed by atoms with Gasteiger partial charge >= 0.3 is 0 Å². The van der Waals surface area contributed by atoms with Crippen LogP contribution in [0.25, 0.3) is 0 Å². The van der Waals surface area contributed by atoms with E-state index in [9.17, 15) is 0 Å². The molecule has 8 aromatic carbocycles. The second kappa shape index (κ2) is 21.9. The second-order valence-corrected chi connectivity index (χ2v) is 48.4. The molecule has 0 bridgehead atoms. The minimum absolute atomic E-state index is 0.689. The summed E-state index contributed by atoms with van der Waals surface area (Å²) in [6.07, 6.45) is 0. The summed E-state index contributed by atoms with van der Waals surface area (Å²) >= 11 is 43.6. The molecule has 0 saturated carbocycles. The Hall–Kier alpha value is -1.82. The van der Waals surface area contributed by atoms with Crippen LogP contribution in [0.15, 0.2) is 243 Å². The molecule has 0 aliphatic rings. The van der Waals surface area contributed by atoms with Crippen LogP contribution in [0.2, 0.25) is 0 Å². The van der Waals surface area contributed by atoms with E-state index in [1.807, 2.05) is 0 Å². The molecule has 0 aromatic heterocycles. The van der Waals surface area contributed by atoms with Crippen LogP contribution in [-0.2, 0) is 72.6 Å². The molecule has 0 saturated heterocycles. The molecule has 4 unspecified atom stereocenters. The number of rotatable bonds is 18. The molecule has 0 N–H and O–H groups in total. The zero-order chi connectivity index (χ0) is 45.4. The standard InChI is InChI=1S/C53H50P6S6/c60-54(46-25-9-1-10-26-46,42-56(62,48-29-13-3-14-30-48)44-58(64,50-33-17-5-18-34-50)51-35-19-6-20-36-51)41-55(61,47-27-11-2-12-28-47)43-57(63,49-31-15-4-16-32-49)45-59(65,52-37-21-7-22-38-52)53-39-23-8-24-40-53/h1-40H,41-45H2. The maximum Gasteiger partial charge on any atom is 0.137 e. The molecule has 0 spiro atoms. The van der Waals surface area contributed by atoms with Gasteiger partial charge in [-0.05, 0) is 95.6 Å². The van der Waals surface area contributed by atoms with Crippen LogP contribution in [0.4, 0.5) is 0 Å². The highest BCUT2D eigenvalue weighted by Crippen LogP contribution is 2.84. The first-order valence-corrected chi connectivity index (χ1v) is 40.0. The minimum Gasteiger partial charge on any atom is -0.547 e. The number of hydrogen-bond donors (Lipinski definition) is 0. The Morgan fingerprint density at radius 1 is 0.262 bits per heavy atom. The Bertz CT molecular complexity index is 2570. The summed E-state index contributed by atoms with van der Waals surface area (Å²) < 4.78 is 0. The van der Waals surface area contributed by atoms with E-state index in [4.69, 9.17) is 72.6 Å². The molecule has 0 amide bonds. The van der Waals surface area contributed by atoms with Gasteiger partial charge in [0.25, 0.3) is 0 Å². The van der Waals surface area contributed by atoms with E-state index >= 15 is 0 Å². The Morgan fingerprint density at radius 3 is 0.646 bits per heavy atom. The van der Waals surface area contributed by atoms with Crippen LogP contribution < -0.4 is 42.4 Å². The smallest absolute Gasteiger partial charge is 0.137 e. The van der Waals surface area contributed by atoms with Crippen molar-refractivity contribution >= 4 is 153 Å². The van der Waals surface area contributed by atoms with E-state index < -0.39 is 37.9 Å². The lowest BCUT2D eigenvalue weighted by atomic mass is 10.4. The number of hydrogen-bond acceptors (Lipinski definition) is 6.